The molecule has 1 fully saturated rings. The zero-order valence-corrected chi connectivity index (χ0v) is 22.4. The van der Waals surface area contributed by atoms with Gasteiger partial charge >= 0.3 is 0 Å². The maximum Gasteiger partial charge on any atom is 0.254 e. The van der Waals surface area contributed by atoms with Crippen LogP contribution in [0.25, 0.3) is 16.3 Å². The first kappa shape index (κ1) is 27.0. The quantitative estimate of drug-likeness (QED) is 0.191. The summed E-state index contributed by atoms with van der Waals surface area (Å²) in [4.78, 5) is 13.3. The van der Waals surface area contributed by atoms with Gasteiger partial charge in [-0.3, -0.25) is 4.72 Å². The minimum absolute atomic E-state index is 0.257. The molecule has 2 aromatic carbocycles. The molecule has 0 bridgehead atoms. The second-order valence-corrected chi connectivity index (χ2v) is 10.5. The fourth-order valence-corrected chi connectivity index (χ4v) is 4.86. The Balaban J connectivity index is 1.75. The Kier molecular flexibility index (Phi) is 8.55. The molecular formula is C28H32N6O3S. The third-order valence-corrected chi connectivity index (χ3v) is 7.09. The van der Waals surface area contributed by atoms with E-state index in [4.69, 9.17) is 9.72 Å². The van der Waals surface area contributed by atoms with Crippen molar-refractivity contribution in [2.45, 2.75) is 32.7 Å². The molecule has 1 atom stereocenters. The smallest absolute Gasteiger partial charge is 0.254 e. The zero-order valence-electron chi connectivity index (χ0n) is 21.6. The lowest BCUT2D eigenvalue weighted by molar-refractivity contribution is 0.426. The molecule has 0 aliphatic carbocycles. The van der Waals surface area contributed by atoms with E-state index in [2.05, 4.69) is 38.6 Å². The minimum Gasteiger partial charge on any atom is -0.437 e. The van der Waals surface area contributed by atoms with Gasteiger partial charge in [-0.1, -0.05) is 43.0 Å². The van der Waals surface area contributed by atoms with Gasteiger partial charge in [0.2, 0.25) is 11.8 Å². The van der Waals surface area contributed by atoms with Crippen molar-refractivity contribution in [2.24, 2.45) is 4.99 Å². The van der Waals surface area contributed by atoms with Gasteiger partial charge in [0, 0.05) is 35.0 Å². The summed E-state index contributed by atoms with van der Waals surface area (Å²) in [5, 5.41) is 9.05. The number of sulfonamides is 1. The summed E-state index contributed by atoms with van der Waals surface area (Å²) in [5.41, 5.74) is 2.53. The number of hydrogen-bond acceptors (Lipinski definition) is 8. The van der Waals surface area contributed by atoms with Crippen molar-refractivity contribution in [1.29, 1.82) is 0 Å². The highest BCUT2D eigenvalue weighted by Gasteiger charge is 2.18. The molecule has 4 rings (SSSR count). The van der Waals surface area contributed by atoms with Crippen LogP contribution in [0.5, 0.6) is 5.75 Å². The number of nitrogens with one attached hydrogen (secondary N) is 3. The molecule has 3 N–H and O–H groups in total. The number of piperidine rings is 1. The van der Waals surface area contributed by atoms with Crippen LogP contribution in [0.15, 0.2) is 77.6 Å². The Morgan fingerprint density at radius 1 is 1.24 bits per heavy atom. The average Bonchev–Trinajstić information content (AvgIpc) is 2.92. The van der Waals surface area contributed by atoms with E-state index in [1.54, 1.807) is 24.4 Å². The fourth-order valence-electron chi connectivity index (χ4n) is 4.30. The minimum atomic E-state index is -3.68. The van der Waals surface area contributed by atoms with E-state index in [1.165, 1.54) is 0 Å². The predicted molar refractivity (Wildman–Crippen MR) is 155 cm³/mol. The van der Waals surface area contributed by atoms with Crippen LogP contribution < -0.4 is 20.1 Å². The Labute approximate surface area is 223 Å². The van der Waals surface area contributed by atoms with Crippen LogP contribution in [0, 0.1) is 6.92 Å². The van der Waals surface area contributed by atoms with Gasteiger partial charge in [0.1, 0.15) is 5.75 Å². The number of allylic oxidation sites excluding steroid dienone is 3. The molecule has 0 spiro atoms. The molecule has 2 heterocycles. The van der Waals surface area contributed by atoms with E-state index in [0.29, 0.717) is 39.4 Å². The van der Waals surface area contributed by atoms with Crippen LogP contribution in [0.3, 0.4) is 0 Å². The second-order valence-electron chi connectivity index (χ2n) is 8.86. The maximum absolute atomic E-state index is 12.1. The Morgan fingerprint density at radius 2 is 2.08 bits per heavy atom. The summed E-state index contributed by atoms with van der Waals surface area (Å²) in [6.07, 6.45) is 7.59. The molecule has 10 heteroatoms. The van der Waals surface area contributed by atoms with E-state index in [1.807, 2.05) is 44.2 Å². The van der Waals surface area contributed by atoms with Crippen LogP contribution in [0.2, 0.25) is 0 Å². The first-order chi connectivity index (χ1) is 18.3. The molecule has 0 radical (unpaired) electrons. The standard InChI is InChI=1S/C28H32N6O3S/c1-5-9-23(24-15-17-31-28(33-24)32-20-10-8-16-30-18-20)27(29-4)37-26-19(3)13-14-21-22(26)11-7-12-25(21)34-38(35,36)6-2/h5-7,9,11-15,17,20,30,34H,2,4,8,10,16,18H2,1,3H3,(H,31,32,33)/b9-5-,27-23-/t20-/m0/s1. The lowest BCUT2D eigenvalue weighted by Crippen LogP contribution is -2.38. The number of fused-ring (bicyclic) bond motifs is 1. The number of aryl methyl sites for hydroxylation is 1. The van der Waals surface area contributed by atoms with Gasteiger partial charge < -0.3 is 15.4 Å². The number of benzene rings is 2. The Hall–Kier alpha value is -4.02. The van der Waals surface area contributed by atoms with E-state index in [0.717, 1.165) is 36.9 Å². The lowest BCUT2D eigenvalue weighted by Gasteiger charge is -2.23. The van der Waals surface area contributed by atoms with Gasteiger partial charge in [-0.25, -0.2) is 23.4 Å². The number of hydrogen-bond donors (Lipinski definition) is 3. The predicted octanol–water partition coefficient (Wildman–Crippen LogP) is 5.01. The highest BCUT2D eigenvalue weighted by molar-refractivity contribution is 7.95. The van der Waals surface area contributed by atoms with E-state index in [-0.39, 0.29) is 11.9 Å². The highest BCUT2D eigenvalue weighted by Crippen LogP contribution is 2.36. The van der Waals surface area contributed by atoms with Gasteiger partial charge in [0.25, 0.3) is 10.0 Å². The number of aromatic nitrogens is 2. The lowest BCUT2D eigenvalue weighted by atomic mass is 10.0. The Bertz CT molecular complexity index is 1510. The van der Waals surface area contributed by atoms with Crippen LogP contribution >= 0.6 is 0 Å². The van der Waals surface area contributed by atoms with Crippen LogP contribution in [-0.2, 0) is 10.0 Å². The zero-order chi connectivity index (χ0) is 27.1. The van der Waals surface area contributed by atoms with Crippen molar-refractivity contribution < 1.29 is 13.2 Å². The second kappa shape index (κ2) is 12.0. The highest BCUT2D eigenvalue weighted by atomic mass is 32.2. The molecule has 198 valence electrons. The normalized spacial score (nSPS) is 16.6. The molecular weight excluding hydrogens is 500 g/mol. The van der Waals surface area contributed by atoms with Gasteiger partial charge in [0.15, 0.2) is 0 Å². The summed E-state index contributed by atoms with van der Waals surface area (Å²) in [5.74, 6) is 1.33. The average molecular weight is 533 g/mol. The van der Waals surface area contributed by atoms with E-state index in [9.17, 15) is 8.42 Å². The number of aliphatic imine (C=N–C) groups is 1. The summed E-state index contributed by atoms with van der Waals surface area (Å²) in [6, 6.07) is 11.1. The van der Waals surface area contributed by atoms with E-state index >= 15 is 0 Å². The van der Waals surface area contributed by atoms with Gasteiger partial charge in [-0.2, -0.15) is 0 Å². The van der Waals surface area contributed by atoms with Gasteiger partial charge in [-0.05, 0) is 57.6 Å². The summed E-state index contributed by atoms with van der Waals surface area (Å²) in [6.45, 7) is 12.8. The molecule has 1 aliphatic heterocycles. The number of rotatable bonds is 10. The molecule has 38 heavy (non-hydrogen) atoms. The molecule has 9 nitrogen and oxygen atoms in total. The fraction of sp³-hybridized carbons (Fsp3) is 0.250. The third kappa shape index (κ3) is 6.27. The first-order valence-corrected chi connectivity index (χ1v) is 13.9. The first-order valence-electron chi connectivity index (χ1n) is 12.3. The van der Waals surface area contributed by atoms with Crippen LogP contribution in [0.1, 0.15) is 31.0 Å². The van der Waals surface area contributed by atoms with E-state index < -0.39 is 10.0 Å². The molecule has 1 saturated heterocycles. The van der Waals surface area contributed by atoms with Crippen LogP contribution in [-0.4, -0.2) is 44.2 Å². The van der Waals surface area contributed by atoms with Crippen molar-refractivity contribution in [3.8, 4) is 5.75 Å². The Morgan fingerprint density at radius 3 is 2.79 bits per heavy atom. The number of anilines is 2. The van der Waals surface area contributed by atoms with Crippen molar-refractivity contribution in [1.82, 2.24) is 15.3 Å². The summed E-state index contributed by atoms with van der Waals surface area (Å²) < 4.78 is 33.2. The molecule has 0 saturated carbocycles. The number of nitrogens with zero attached hydrogens (tertiary/aromatic N) is 3. The summed E-state index contributed by atoms with van der Waals surface area (Å²) >= 11 is 0. The summed E-state index contributed by atoms with van der Waals surface area (Å²) in [7, 11) is -3.68. The van der Waals surface area contributed by atoms with Gasteiger partial charge in [0.05, 0.1) is 17.0 Å². The molecule has 1 aromatic heterocycles. The van der Waals surface area contributed by atoms with Crippen molar-refractivity contribution in [2.75, 3.05) is 23.1 Å². The van der Waals surface area contributed by atoms with Crippen molar-refractivity contribution in [3.63, 3.8) is 0 Å². The third-order valence-electron chi connectivity index (χ3n) is 6.15. The SMILES string of the molecule is C=CS(=O)(=O)Nc1cccc2c(O/C(N=C)=C(/C=C\C)c3ccnc(N[C@H]4CCCNC4)n3)c(C)ccc12. The van der Waals surface area contributed by atoms with Crippen molar-refractivity contribution in [3.05, 3.63) is 83.9 Å². The molecule has 1 aliphatic rings. The largest absolute Gasteiger partial charge is 0.437 e. The van der Waals surface area contributed by atoms with Gasteiger partial charge in [-0.15, -0.1) is 0 Å². The maximum atomic E-state index is 12.1. The van der Waals surface area contributed by atoms with Crippen LogP contribution in [0.4, 0.5) is 11.6 Å². The number of ether oxygens (including phenoxy) is 1. The monoisotopic (exact) mass is 532 g/mol. The molecule has 3 aromatic rings. The topological polar surface area (TPSA) is 118 Å². The molecule has 0 unspecified atom stereocenters. The molecule has 0 amide bonds. The van der Waals surface area contributed by atoms with Crippen molar-refractivity contribution >= 4 is 44.7 Å².